The van der Waals surface area contributed by atoms with Crippen molar-refractivity contribution in [1.29, 1.82) is 0 Å². The van der Waals surface area contributed by atoms with Gasteiger partial charge in [-0.15, -0.1) is 11.3 Å². The van der Waals surface area contributed by atoms with Gasteiger partial charge in [-0.1, -0.05) is 63.9 Å². The summed E-state index contributed by atoms with van der Waals surface area (Å²) in [4.78, 5) is 73.1. The fourth-order valence-corrected chi connectivity index (χ4v) is 8.65. The third-order valence-corrected chi connectivity index (χ3v) is 12.5. The lowest BCUT2D eigenvalue weighted by atomic mass is 9.85. The number of β-amino-alcohol motifs (C(OH)–C–C–N with tert-alkyl or cyclic N) is 1. The number of carbonyl (C=O) groups excluding carboxylic acids is 5. The first-order valence-corrected chi connectivity index (χ1v) is 22.1. The molecule has 2 fully saturated rings. The zero-order valence-corrected chi connectivity index (χ0v) is 35.9. The van der Waals surface area contributed by atoms with Crippen LogP contribution in [0.4, 0.5) is 4.39 Å². The highest BCUT2D eigenvalue weighted by molar-refractivity contribution is 7.13. The Morgan fingerprint density at radius 3 is 2.28 bits per heavy atom. The molecule has 6 rings (SSSR count). The molecule has 2 aliphatic carbocycles. The minimum atomic E-state index is -1.99. The lowest BCUT2D eigenvalue weighted by molar-refractivity contribution is -0.145. The van der Waals surface area contributed by atoms with Gasteiger partial charge in [0.2, 0.25) is 17.7 Å². The van der Waals surface area contributed by atoms with Gasteiger partial charge in [0.15, 0.2) is 12.3 Å². The number of nitrogens with zero attached hydrogens (tertiary/aromatic N) is 2. The second kappa shape index (κ2) is 19.7. The quantitative estimate of drug-likeness (QED) is 0.104. The number of aliphatic hydroxyl groups excluding tert-OH is 1. The largest absolute Gasteiger partial charge is 0.484 e. The molecule has 5 N–H and O–H groups in total. The van der Waals surface area contributed by atoms with Gasteiger partial charge in [0.1, 0.15) is 17.8 Å². The maximum absolute atomic E-state index is 14.7. The molecule has 60 heavy (non-hydrogen) atoms. The van der Waals surface area contributed by atoms with E-state index in [1.54, 1.807) is 26.3 Å². The number of nitrogens with one attached hydrogen (secondary N) is 4. The summed E-state index contributed by atoms with van der Waals surface area (Å²) < 4.78 is 20.4. The topological polar surface area (TPSA) is 179 Å². The van der Waals surface area contributed by atoms with Gasteiger partial charge in [-0.25, -0.2) is 9.37 Å². The number of unbranched alkanes of at least 4 members (excludes halogenated alkanes) is 3. The van der Waals surface area contributed by atoms with E-state index in [4.69, 9.17) is 4.74 Å². The zero-order valence-electron chi connectivity index (χ0n) is 35.1. The predicted molar refractivity (Wildman–Crippen MR) is 227 cm³/mol. The Kier molecular flexibility index (Phi) is 14.6. The molecule has 5 amide bonds. The second-order valence-electron chi connectivity index (χ2n) is 17.5. The maximum atomic E-state index is 14.7. The number of amides is 5. The van der Waals surface area contributed by atoms with E-state index in [9.17, 15) is 33.5 Å². The monoisotopic (exact) mass is 846 g/mol. The third kappa shape index (κ3) is 11.7. The molecule has 1 aliphatic heterocycles. The summed E-state index contributed by atoms with van der Waals surface area (Å²) in [6, 6.07) is 10.6. The lowest BCUT2D eigenvalue weighted by Crippen LogP contribution is -2.59. The standard InChI is InChI=1S/C45H59FN6O7S/c1-28-39(60-27-49-28)31-14-12-30(13-15-31)35(50-41(56)36-23-33(53)25-52(36)42(57)40(44(2,3)4)51-43(58)45(46)18-19-45)24-37(54)47-20-7-5-6-8-21-48-38(55)26-59-34-17-16-29-10-9-11-32(29)22-34/h12-17,22,27,33,35-36,40,53H,5-11,18-21,23-26H2,1-4H3,(H,47,54)(H,48,55)(H,50,56)(H,51,58)/t33-,35+,36+,40-/m1/s1. The highest BCUT2D eigenvalue weighted by Crippen LogP contribution is 2.40. The van der Waals surface area contributed by atoms with Crippen LogP contribution in [0.1, 0.15) is 107 Å². The van der Waals surface area contributed by atoms with E-state index in [0.717, 1.165) is 61.1 Å². The van der Waals surface area contributed by atoms with Crippen molar-refractivity contribution >= 4 is 40.9 Å². The molecule has 1 saturated carbocycles. The number of hydrogen-bond donors (Lipinski definition) is 5. The Hall–Kier alpha value is -4.89. The molecule has 1 aromatic heterocycles. The van der Waals surface area contributed by atoms with Crippen LogP contribution in [0.2, 0.25) is 0 Å². The first-order valence-electron chi connectivity index (χ1n) is 21.2. The Bertz CT molecular complexity index is 2010. The highest BCUT2D eigenvalue weighted by Gasteiger charge is 2.53. The van der Waals surface area contributed by atoms with Crippen LogP contribution in [0.3, 0.4) is 0 Å². The number of rotatable bonds is 19. The molecule has 13 nitrogen and oxygen atoms in total. The van der Waals surface area contributed by atoms with Crippen LogP contribution < -0.4 is 26.0 Å². The van der Waals surface area contributed by atoms with Gasteiger partial charge in [-0.3, -0.25) is 24.0 Å². The smallest absolute Gasteiger partial charge is 0.258 e. The number of benzene rings is 2. The van der Waals surface area contributed by atoms with E-state index in [2.05, 4.69) is 32.3 Å². The number of carbonyl (C=O) groups is 5. The van der Waals surface area contributed by atoms with E-state index in [-0.39, 0.29) is 50.6 Å². The number of aryl methyl sites for hydroxylation is 3. The number of likely N-dealkylation sites (tertiary alicyclic amines) is 1. The molecular weight excluding hydrogens is 788 g/mol. The second-order valence-corrected chi connectivity index (χ2v) is 18.3. The molecule has 15 heteroatoms. The zero-order chi connectivity index (χ0) is 43.0. The van der Waals surface area contributed by atoms with E-state index in [1.165, 1.54) is 27.4 Å². The van der Waals surface area contributed by atoms with Crippen molar-refractivity contribution in [2.75, 3.05) is 26.2 Å². The number of aromatic nitrogens is 1. The van der Waals surface area contributed by atoms with Crippen molar-refractivity contribution in [3.8, 4) is 16.2 Å². The van der Waals surface area contributed by atoms with Crippen LogP contribution in [0.25, 0.3) is 10.4 Å². The van der Waals surface area contributed by atoms with Crippen LogP contribution in [-0.4, -0.2) is 94.6 Å². The van der Waals surface area contributed by atoms with E-state index >= 15 is 0 Å². The van der Waals surface area contributed by atoms with Crippen molar-refractivity contribution in [3.05, 3.63) is 70.4 Å². The molecule has 3 aromatic rings. The minimum absolute atomic E-state index is 0.0272. The van der Waals surface area contributed by atoms with Gasteiger partial charge >= 0.3 is 0 Å². The molecule has 0 unspecified atom stereocenters. The molecular formula is C45H59FN6O7S. The SMILES string of the molecule is Cc1ncsc1-c1ccc([C@H](CC(=O)NCCCCCCNC(=O)COc2ccc3c(c2)CCC3)NC(=O)[C@@H]2C[C@@H](O)CN2C(=O)[C@@H](NC(=O)C2(F)CC2)C(C)(C)C)cc1. The van der Waals surface area contributed by atoms with Gasteiger partial charge in [-0.05, 0) is 91.7 Å². The first-order chi connectivity index (χ1) is 28.6. The summed E-state index contributed by atoms with van der Waals surface area (Å²) in [6.07, 6.45) is 5.60. The van der Waals surface area contributed by atoms with E-state index < -0.39 is 53.0 Å². The molecule has 0 bridgehead atoms. The average molecular weight is 847 g/mol. The number of alkyl halides is 1. The van der Waals surface area contributed by atoms with Gasteiger partial charge in [0.05, 0.1) is 34.6 Å². The molecule has 324 valence electrons. The average Bonchev–Trinajstić information content (AvgIpc) is 3.51. The summed E-state index contributed by atoms with van der Waals surface area (Å²) in [5.41, 5.74) is 4.14. The fraction of sp³-hybridized carbons (Fsp3) is 0.556. The lowest BCUT2D eigenvalue weighted by Gasteiger charge is -2.36. The van der Waals surface area contributed by atoms with Crippen LogP contribution >= 0.6 is 11.3 Å². The highest BCUT2D eigenvalue weighted by atomic mass is 32.1. The number of ether oxygens (including phenoxy) is 1. The first kappa shape index (κ1) is 44.7. The number of aliphatic hydroxyl groups is 1. The minimum Gasteiger partial charge on any atom is -0.484 e. The van der Waals surface area contributed by atoms with Gasteiger partial charge < -0.3 is 36.0 Å². The van der Waals surface area contributed by atoms with Crippen LogP contribution in [0.15, 0.2) is 48.0 Å². The summed E-state index contributed by atoms with van der Waals surface area (Å²) >= 11 is 1.52. The van der Waals surface area contributed by atoms with Crippen molar-refractivity contribution in [3.63, 3.8) is 0 Å². The molecule has 0 spiro atoms. The van der Waals surface area contributed by atoms with E-state index in [0.29, 0.717) is 24.4 Å². The normalized spacial score (nSPS) is 18.9. The van der Waals surface area contributed by atoms with Crippen molar-refractivity contribution in [2.45, 2.75) is 128 Å². The summed E-state index contributed by atoms with van der Waals surface area (Å²) in [6.45, 7) is 7.97. The van der Waals surface area contributed by atoms with Gasteiger partial charge in [0.25, 0.3) is 11.8 Å². The van der Waals surface area contributed by atoms with Gasteiger partial charge in [-0.2, -0.15) is 0 Å². The fourth-order valence-electron chi connectivity index (χ4n) is 7.84. The Balaban J connectivity index is 1.00. The molecule has 2 aromatic carbocycles. The predicted octanol–water partition coefficient (Wildman–Crippen LogP) is 5.02. The summed E-state index contributed by atoms with van der Waals surface area (Å²) in [5.74, 6) is -1.70. The van der Waals surface area contributed by atoms with Crippen LogP contribution in [-0.2, 0) is 36.8 Å². The Morgan fingerprint density at radius 1 is 0.950 bits per heavy atom. The molecule has 2 heterocycles. The van der Waals surface area contributed by atoms with Crippen molar-refractivity contribution < 1.29 is 38.2 Å². The molecule has 1 saturated heterocycles. The number of fused-ring (bicyclic) bond motifs is 1. The molecule has 3 aliphatic rings. The van der Waals surface area contributed by atoms with Gasteiger partial charge in [0, 0.05) is 26.1 Å². The number of halogens is 1. The van der Waals surface area contributed by atoms with Crippen molar-refractivity contribution in [1.82, 2.24) is 31.2 Å². The molecule has 4 atom stereocenters. The maximum Gasteiger partial charge on any atom is 0.258 e. The number of hydrogen-bond acceptors (Lipinski definition) is 9. The number of thiazole rings is 1. The Labute approximate surface area is 355 Å². The van der Waals surface area contributed by atoms with Crippen LogP contribution in [0.5, 0.6) is 5.75 Å². The Morgan fingerprint density at radius 2 is 1.63 bits per heavy atom. The van der Waals surface area contributed by atoms with Crippen LogP contribution in [0, 0.1) is 12.3 Å². The summed E-state index contributed by atoms with van der Waals surface area (Å²) in [7, 11) is 0. The molecule has 0 radical (unpaired) electrons. The van der Waals surface area contributed by atoms with Crippen molar-refractivity contribution in [2.24, 2.45) is 5.41 Å². The summed E-state index contributed by atoms with van der Waals surface area (Å²) in [5, 5.41) is 22.1. The van der Waals surface area contributed by atoms with E-state index in [1.807, 2.05) is 43.3 Å². The third-order valence-electron chi connectivity index (χ3n) is 11.6.